The lowest BCUT2D eigenvalue weighted by Gasteiger charge is -2.13. The Hall–Kier alpha value is -1.93. The Morgan fingerprint density at radius 3 is 2.47 bits per heavy atom. The van der Waals surface area contributed by atoms with E-state index in [9.17, 15) is 18.1 Å². The lowest BCUT2D eigenvalue weighted by Crippen LogP contribution is -2.15. The van der Waals surface area contributed by atoms with Crippen molar-refractivity contribution in [1.82, 2.24) is 0 Å². The Kier molecular flexibility index (Phi) is 11.7. The number of anilines is 1. The molecule has 164 valence electrons. The summed E-state index contributed by atoms with van der Waals surface area (Å²) < 4.78 is 35.5. The van der Waals surface area contributed by atoms with E-state index in [1.54, 1.807) is 6.07 Å². The van der Waals surface area contributed by atoms with Crippen molar-refractivity contribution in [2.45, 2.75) is 50.5 Å². The van der Waals surface area contributed by atoms with E-state index in [0.717, 1.165) is 37.0 Å². The van der Waals surface area contributed by atoms with Crippen molar-refractivity contribution in [3.8, 4) is 0 Å². The Morgan fingerprint density at radius 2 is 1.97 bits per heavy atom. The number of aliphatic hydroxyl groups is 1. The minimum atomic E-state index is -1.04. The second-order valence-corrected chi connectivity index (χ2v) is 7.46. The molecule has 0 saturated heterocycles. The fourth-order valence-corrected chi connectivity index (χ4v) is 3.00. The van der Waals surface area contributed by atoms with E-state index >= 15 is 0 Å². The van der Waals surface area contributed by atoms with E-state index in [4.69, 9.17) is 16.7 Å². The number of aliphatic hydroxyl groups excluding tert-OH is 1. The summed E-state index contributed by atoms with van der Waals surface area (Å²) in [4.78, 5) is 12.9. The number of nitrogens with one attached hydrogen (secondary N) is 1. The minimum absolute atomic E-state index is 0.147. The quantitative estimate of drug-likeness (QED) is 0.304. The Bertz CT molecular complexity index is 865. The normalized spacial score (nSPS) is 11.3. The average Bonchev–Trinajstić information content (AvgIpc) is 2.74. The number of benzene rings is 2. The second kappa shape index (κ2) is 13.4. The summed E-state index contributed by atoms with van der Waals surface area (Å²) in [5, 5.41) is 11.4. The molecule has 0 fully saturated rings. The summed E-state index contributed by atoms with van der Waals surface area (Å²) in [6.45, 7) is 7.32. The molecule has 1 unspecified atom stereocenters. The molecule has 1 atom stereocenters. The lowest BCUT2D eigenvalue weighted by molar-refractivity contribution is 0.102. The molecule has 0 aliphatic carbocycles. The number of hydrogen-bond acceptors (Lipinski definition) is 4. The molecule has 0 spiro atoms. The fraction of sp³-hybridized carbons (Fsp3) is 0.318. The monoisotopic (exact) mass is 457 g/mol. The Balaban J connectivity index is 0.000000656. The van der Waals surface area contributed by atoms with Gasteiger partial charge in [-0.1, -0.05) is 37.9 Å². The molecule has 4 nitrogen and oxygen atoms in total. The van der Waals surface area contributed by atoms with Crippen molar-refractivity contribution in [2.24, 2.45) is 0 Å². The first-order chi connectivity index (χ1) is 14.3. The minimum Gasteiger partial charge on any atom is -0.389 e. The predicted octanol–water partition coefficient (Wildman–Crippen LogP) is 6.72. The zero-order chi connectivity index (χ0) is 22.7. The maximum absolute atomic E-state index is 13.3. The molecule has 0 heterocycles. The third-order valence-corrected chi connectivity index (χ3v) is 5.13. The number of hydrogen-bond donors (Lipinski definition) is 3. The maximum atomic E-state index is 13.3. The van der Waals surface area contributed by atoms with Gasteiger partial charge in [-0.2, -0.15) is 0 Å². The van der Waals surface area contributed by atoms with Crippen LogP contribution in [-0.2, 0) is 6.42 Å². The first-order valence-corrected chi connectivity index (χ1v) is 10.6. The maximum Gasteiger partial charge on any atom is 0.255 e. The zero-order valence-electron chi connectivity index (χ0n) is 16.9. The van der Waals surface area contributed by atoms with Crippen LogP contribution in [0.3, 0.4) is 0 Å². The smallest absolute Gasteiger partial charge is 0.255 e. The van der Waals surface area contributed by atoms with Crippen LogP contribution in [0.2, 0.25) is 5.02 Å². The van der Waals surface area contributed by atoms with E-state index in [-0.39, 0.29) is 11.8 Å². The molecule has 0 radical (unpaired) electrons. The van der Waals surface area contributed by atoms with Gasteiger partial charge in [-0.25, -0.2) is 8.78 Å². The molecule has 0 aromatic heterocycles. The van der Waals surface area contributed by atoms with E-state index in [1.807, 2.05) is 13.8 Å². The third kappa shape index (κ3) is 8.07. The van der Waals surface area contributed by atoms with Gasteiger partial charge in [-0.3, -0.25) is 4.79 Å². The number of aryl methyl sites for hydroxylation is 1. The standard InChI is InChI=1S/C17H16ClF2NO2S.C5H10O/c1-2-3-4-10-7-13(18)16(24-23)9-12(10)17(22)21-11-5-6-14(19)15(20)8-11;1-3-5(6)4-2/h5-9,23H,2-4H2,1H3,(H,21,22);3,5-6H,1,4H2,2H3. The van der Waals surface area contributed by atoms with Gasteiger partial charge < -0.3 is 15.0 Å². The van der Waals surface area contributed by atoms with Gasteiger partial charge in [0.25, 0.3) is 5.91 Å². The summed E-state index contributed by atoms with van der Waals surface area (Å²) in [5.74, 6) is -2.50. The number of halogens is 3. The topological polar surface area (TPSA) is 69.6 Å². The number of unbranched alkanes of at least 4 members (excludes halogenated alkanes) is 1. The van der Waals surface area contributed by atoms with Gasteiger partial charge in [0.1, 0.15) is 0 Å². The average molecular weight is 458 g/mol. The molecule has 2 rings (SSSR count). The number of amides is 1. The Labute approximate surface area is 185 Å². The van der Waals surface area contributed by atoms with Gasteiger partial charge in [-0.05, 0) is 49.1 Å². The summed E-state index contributed by atoms with van der Waals surface area (Å²) in [5.41, 5.74) is 1.22. The summed E-state index contributed by atoms with van der Waals surface area (Å²) in [6, 6.07) is 6.28. The molecule has 2 aromatic carbocycles. The van der Waals surface area contributed by atoms with Gasteiger partial charge in [-0.15, -0.1) is 6.58 Å². The highest BCUT2D eigenvalue weighted by molar-refractivity contribution is 7.93. The van der Waals surface area contributed by atoms with Gasteiger partial charge in [0.2, 0.25) is 0 Å². The van der Waals surface area contributed by atoms with E-state index in [1.165, 1.54) is 18.2 Å². The number of rotatable bonds is 8. The zero-order valence-corrected chi connectivity index (χ0v) is 18.5. The van der Waals surface area contributed by atoms with Crippen molar-refractivity contribution in [2.75, 3.05) is 5.32 Å². The molecule has 0 aliphatic heterocycles. The highest BCUT2D eigenvalue weighted by Gasteiger charge is 2.16. The molecule has 1 amide bonds. The van der Waals surface area contributed by atoms with Gasteiger partial charge in [0, 0.05) is 29.4 Å². The van der Waals surface area contributed by atoms with Crippen LogP contribution in [0, 0.1) is 11.6 Å². The van der Waals surface area contributed by atoms with Crippen molar-refractivity contribution in [3.63, 3.8) is 0 Å². The fourth-order valence-electron chi connectivity index (χ4n) is 2.39. The summed E-state index contributed by atoms with van der Waals surface area (Å²) in [6.07, 6.45) is 4.45. The van der Waals surface area contributed by atoms with Crippen molar-refractivity contribution in [3.05, 3.63) is 70.8 Å². The summed E-state index contributed by atoms with van der Waals surface area (Å²) in [7, 11) is 0. The van der Waals surface area contributed by atoms with Crippen molar-refractivity contribution < 1.29 is 23.2 Å². The van der Waals surface area contributed by atoms with E-state index < -0.39 is 17.5 Å². The highest BCUT2D eigenvalue weighted by atomic mass is 35.5. The molecule has 0 bridgehead atoms. The predicted molar refractivity (Wildman–Crippen MR) is 119 cm³/mol. The molecule has 0 aliphatic rings. The van der Waals surface area contributed by atoms with Crippen LogP contribution in [0.5, 0.6) is 0 Å². The van der Waals surface area contributed by atoms with Gasteiger partial charge in [0.05, 0.1) is 16.0 Å². The van der Waals surface area contributed by atoms with Crippen LogP contribution < -0.4 is 5.32 Å². The van der Waals surface area contributed by atoms with Crippen molar-refractivity contribution >= 4 is 35.2 Å². The molecule has 8 heteroatoms. The highest BCUT2D eigenvalue weighted by Crippen LogP contribution is 2.30. The van der Waals surface area contributed by atoms with Crippen LogP contribution in [0.4, 0.5) is 14.5 Å². The second-order valence-electron chi connectivity index (χ2n) is 6.43. The van der Waals surface area contributed by atoms with E-state index in [2.05, 4.69) is 11.9 Å². The third-order valence-electron chi connectivity index (χ3n) is 4.17. The van der Waals surface area contributed by atoms with Crippen LogP contribution >= 0.6 is 23.6 Å². The van der Waals surface area contributed by atoms with E-state index in [0.29, 0.717) is 33.9 Å². The van der Waals surface area contributed by atoms with Crippen LogP contribution in [0.15, 0.2) is 47.9 Å². The molecule has 2 aromatic rings. The van der Waals surface area contributed by atoms with Crippen LogP contribution in [0.1, 0.15) is 49.0 Å². The van der Waals surface area contributed by atoms with Gasteiger partial charge in [0.15, 0.2) is 11.6 Å². The number of carbonyl (C=O) groups is 1. The van der Waals surface area contributed by atoms with Crippen molar-refractivity contribution in [1.29, 1.82) is 0 Å². The lowest BCUT2D eigenvalue weighted by atomic mass is 10.0. The molecular formula is C22H26ClF2NO3S. The molecule has 30 heavy (non-hydrogen) atoms. The largest absolute Gasteiger partial charge is 0.389 e. The molecular weight excluding hydrogens is 432 g/mol. The molecule has 0 saturated carbocycles. The van der Waals surface area contributed by atoms with Gasteiger partial charge >= 0.3 is 0 Å². The SMILES string of the molecule is C=CC(O)CC.CCCCc1cc(Cl)c(SO)cc1C(=O)Nc1ccc(F)c(F)c1. The first kappa shape index (κ1) is 26.1. The number of carbonyl (C=O) groups excluding carboxylic acids is 1. The van der Waals surface area contributed by atoms with Crippen LogP contribution in [0.25, 0.3) is 0 Å². The molecule has 3 N–H and O–H groups in total. The first-order valence-electron chi connectivity index (χ1n) is 9.48. The summed E-state index contributed by atoms with van der Waals surface area (Å²) >= 11 is 6.53. The van der Waals surface area contributed by atoms with Crippen LogP contribution in [-0.4, -0.2) is 21.7 Å². The Morgan fingerprint density at radius 1 is 1.27 bits per heavy atom.